The molecule has 0 rings (SSSR count). The van der Waals surface area contributed by atoms with E-state index < -0.39 is 32.5 Å². The van der Waals surface area contributed by atoms with Crippen LogP contribution in [-0.2, 0) is 23.8 Å². The lowest BCUT2D eigenvalue weighted by Gasteiger charge is -2.42. The van der Waals surface area contributed by atoms with Gasteiger partial charge in [0.05, 0.1) is 6.61 Å². The molecule has 118 valence electrons. The lowest BCUT2D eigenvalue weighted by molar-refractivity contribution is -0.149. The van der Waals surface area contributed by atoms with Gasteiger partial charge in [-0.05, 0) is 20.3 Å². The highest BCUT2D eigenvalue weighted by molar-refractivity contribution is 7.88. The normalized spacial score (nSPS) is 17.1. The number of nitrogens with two attached hydrogens (primary N) is 1. The highest BCUT2D eigenvalue weighted by Crippen LogP contribution is 2.38. The van der Waals surface area contributed by atoms with Crippen molar-refractivity contribution in [2.24, 2.45) is 11.1 Å². The lowest BCUT2D eigenvalue weighted by atomic mass is 9.80. The molecule has 0 aliphatic carbocycles. The Kier molecular flexibility index (Phi) is 6.38. The van der Waals surface area contributed by atoms with Crippen LogP contribution in [0.2, 0.25) is 0 Å². The first kappa shape index (κ1) is 19.1. The van der Waals surface area contributed by atoms with E-state index >= 15 is 0 Å². The van der Waals surface area contributed by atoms with Crippen LogP contribution in [0.5, 0.6) is 0 Å². The van der Waals surface area contributed by atoms with Crippen LogP contribution in [0.25, 0.3) is 0 Å². The van der Waals surface area contributed by atoms with Crippen LogP contribution in [0.4, 0.5) is 0 Å². The van der Waals surface area contributed by atoms with Gasteiger partial charge in [-0.3, -0.25) is 4.18 Å². The third-order valence-electron chi connectivity index (χ3n) is 3.72. The average molecular weight is 307 g/mol. The molecule has 0 saturated heterocycles. The van der Waals surface area contributed by atoms with Crippen LogP contribution < -0.4 is 5.73 Å². The molecule has 0 radical (unpaired) electrons. The SMILES string of the molecule is C=CC(=O)OC(C)C(C)(C)C(C)(N)S(=O)(=O)OCCC. The van der Waals surface area contributed by atoms with Gasteiger partial charge in [-0.25, -0.2) is 4.79 Å². The Bertz CT molecular complexity index is 453. The highest BCUT2D eigenvalue weighted by Gasteiger charge is 2.53. The van der Waals surface area contributed by atoms with Gasteiger partial charge in [0.25, 0.3) is 10.1 Å². The summed E-state index contributed by atoms with van der Waals surface area (Å²) in [5.41, 5.74) is 4.94. The molecule has 6 nitrogen and oxygen atoms in total. The number of esters is 1. The van der Waals surface area contributed by atoms with Gasteiger partial charge in [-0.2, -0.15) is 8.42 Å². The molecule has 0 aliphatic heterocycles. The van der Waals surface area contributed by atoms with Gasteiger partial charge in [0.2, 0.25) is 0 Å². The summed E-state index contributed by atoms with van der Waals surface area (Å²) in [6.07, 6.45) is 0.835. The Morgan fingerprint density at radius 2 is 1.90 bits per heavy atom. The van der Waals surface area contributed by atoms with Crippen molar-refractivity contribution in [2.45, 2.75) is 52.0 Å². The molecule has 2 N–H and O–H groups in total. The van der Waals surface area contributed by atoms with E-state index in [1.807, 2.05) is 0 Å². The Labute approximate surface area is 121 Å². The number of carbonyl (C=O) groups is 1. The first-order valence-corrected chi connectivity index (χ1v) is 7.85. The lowest BCUT2D eigenvalue weighted by Crippen LogP contribution is -2.61. The molecule has 0 aromatic carbocycles. The van der Waals surface area contributed by atoms with Crippen molar-refractivity contribution in [3.05, 3.63) is 12.7 Å². The third kappa shape index (κ3) is 3.80. The van der Waals surface area contributed by atoms with Crippen molar-refractivity contribution in [1.82, 2.24) is 0 Å². The molecule has 0 bridgehead atoms. The van der Waals surface area contributed by atoms with Crippen molar-refractivity contribution in [3.63, 3.8) is 0 Å². The Hall–Kier alpha value is -0.920. The minimum absolute atomic E-state index is 0.0615. The summed E-state index contributed by atoms with van der Waals surface area (Å²) < 4.78 is 34.4. The van der Waals surface area contributed by atoms with Crippen LogP contribution in [0.15, 0.2) is 12.7 Å². The summed E-state index contributed by atoms with van der Waals surface area (Å²) in [5.74, 6) is -0.631. The summed E-state index contributed by atoms with van der Waals surface area (Å²) in [5, 5.41) is 0. The quantitative estimate of drug-likeness (QED) is 0.415. The second kappa shape index (κ2) is 6.69. The molecule has 7 heteroatoms. The van der Waals surface area contributed by atoms with Gasteiger partial charge in [0, 0.05) is 11.5 Å². The highest BCUT2D eigenvalue weighted by atomic mass is 32.2. The van der Waals surface area contributed by atoms with E-state index in [1.54, 1.807) is 27.7 Å². The number of hydrogen-bond donors (Lipinski definition) is 1. The molecular weight excluding hydrogens is 282 g/mol. The van der Waals surface area contributed by atoms with Gasteiger partial charge in [-0.15, -0.1) is 0 Å². The first-order valence-electron chi connectivity index (χ1n) is 6.45. The molecule has 0 aromatic rings. The van der Waals surface area contributed by atoms with E-state index in [-0.39, 0.29) is 6.61 Å². The average Bonchev–Trinajstić information content (AvgIpc) is 2.35. The summed E-state index contributed by atoms with van der Waals surface area (Å²) in [4.78, 5) is 9.54. The zero-order valence-corrected chi connectivity index (χ0v) is 13.6. The number of ether oxygens (including phenoxy) is 1. The Morgan fingerprint density at radius 1 is 1.40 bits per heavy atom. The number of carbonyl (C=O) groups excluding carboxylic acids is 1. The van der Waals surface area contributed by atoms with Gasteiger partial charge in [0.1, 0.15) is 6.10 Å². The van der Waals surface area contributed by atoms with Crippen LogP contribution in [0.3, 0.4) is 0 Å². The fourth-order valence-corrected chi connectivity index (χ4v) is 2.85. The van der Waals surface area contributed by atoms with Gasteiger partial charge in [0.15, 0.2) is 4.87 Å². The minimum atomic E-state index is -4.01. The minimum Gasteiger partial charge on any atom is -0.459 e. The summed E-state index contributed by atoms with van der Waals surface area (Å²) in [7, 11) is -4.01. The van der Waals surface area contributed by atoms with Crippen LogP contribution in [0.1, 0.15) is 41.0 Å². The summed E-state index contributed by atoms with van der Waals surface area (Å²) in [6.45, 7) is 11.3. The predicted molar refractivity (Wildman–Crippen MR) is 77.3 cm³/mol. The van der Waals surface area contributed by atoms with E-state index in [2.05, 4.69) is 6.58 Å². The molecule has 0 aromatic heterocycles. The topological polar surface area (TPSA) is 95.7 Å². The van der Waals surface area contributed by atoms with Crippen molar-refractivity contribution in [3.8, 4) is 0 Å². The molecular formula is C13H25NO5S. The van der Waals surface area contributed by atoms with Crippen molar-refractivity contribution >= 4 is 16.1 Å². The van der Waals surface area contributed by atoms with Gasteiger partial charge < -0.3 is 10.5 Å². The van der Waals surface area contributed by atoms with Crippen molar-refractivity contribution in [1.29, 1.82) is 0 Å². The predicted octanol–water partition coefficient (Wildman–Crippen LogP) is 1.56. The molecule has 0 amide bonds. The van der Waals surface area contributed by atoms with Crippen LogP contribution >= 0.6 is 0 Å². The standard InChI is InChI=1S/C13H25NO5S/c1-7-9-18-20(16,17)13(6,14)12(4,5)10(3)19-11(15)8-2/h8,10H,2,7,9,14H2,1,3-6H3. The molecule has 0 heterocycles. The smallest absolute Gasteiger partial charge is 0.330 e. The van der Waals surface area contributed by atoms with Crippen molar-refractivity contribution < 1.29 is 22.1 Å². The maximum Gasteiger partial charge on any atom is 0.330 e. The zero-order chi connectivity index (χ0) is 16.2. The largest absolute Gasteiger partial charge is 0.459 e. The van der Waals surface area contributed by atoms with Crippen molar-refractivity contribution in [2.75, 3.05) is 6.61 Å². The van der Waals surface area contributed by atoms with E-state index in [1.165, 1.54) is 6.92 Å². The second-order valence-corrected chi connectivity index (χ2v) is 7.38. The molecule has 0 fully saturated rings. The van der Waals surface area contributed by atoms with E-state index in [9.17, 15) is 13.2 Å². The molecule has 2 atom stereocenters. The fraction of sp³-hybridized carbons (Fsp3) is 0.769. The maximum atomic E-state index is 12.2. The van der Waals surface area contributed by atoms with E-state index in [4.69, 9.17) is 14.7 Å². The van der Waals surface area contributed by atoms with Crippen LogP contribution in [-0.4, -0.2) is 32.0 Å². The molecule has 0 spiro atoms. The van der Waals surface area contributed by atoms with Gasteiger partial charge >= 0.3 is 5.97 Å². The number of hydrogen-bond acceptors (Lipinski definition) is 6. The maximum absolute atomic E-state index is 12.2. The molecule has 0 saturated carbocycles. The zero-order valence-electron chi connectivity index (χ0n) is 12.8. The molecule has 0 aliphatic rings. The summed E-state index contributed by atoms with van der Waals surface area (Å²) >= 11 is 0. The molecule has 2 unspecified atom stereocenters. The van der Waals surface area contributed by atoms with E-state index in [0.29, 0.717) is 6.42 Å². The molecule has 20 heavy (non-hydrogen) atoms. The first-order chi connectivity index (χ1) is 8.94. The number of rotatable bonds is 8. The monoisotopic (exact) mass is 307 g/mol. The Morgan fingerprint density at radius 3 is 2.30 bits per heavy atom. The third-order valence-corrected chi connectivity index (χ3v) is 5.76. The fourth-order valence-electron chi connectivity index (χ4n) is 1.41. The van der Waals surface area contributed by atoms with Gasteiger partial charge in [-0.1, -0.05) is 27.4 Å². The van der Waals surface area contributed by atoms with E-state index in [0.717, 1.165) is 6.08 Å². The Balaban J connectivity index is 5.33. The second-order valence-electron chi connectivity index (χ2n) is 5.39. The van der Waals surface area contributed by atoms with Crippen LogP contribution in [0, 0.1) is 5.41 Å². The summed E-state index contributed by atoms with van der Waals surface area (Å²) in [6, 6.07) is 0.